The summed E-state index contributed by atoms with van der Waals surface area (Å²) in [6.07, 6.45) is 6.16. The second kappa shape index (κ2) is 7.97. The molecule has 27 heavy (non-hydrogen) atoms. The van der Waals surface area contributed by atoms with E-state index >= 15 is 0 Å². The lowest BCUT2D eigenvalue weighted by atomic mass is 9.93. The van der Waals surface area contributed by atoms with Crippen LogP contribution in [-0.2, 0) is 11.3 Å². The summed E-state index contributed by atoms with van der Waals surface area (Å²) in [6, 6.07) is 13.9. The molecule has 4 rings (SSSR count). The number of piperidine rings is 1. The van der Waals surface area contributed by atoms with E-state index in [1.54, 1.807) is 6.07 Å². The summed E-state index contributed by atoms with van der Waals surface area (Å²) in [7, 11) is 1.41. The van der Waals surface area contributed by atoms with Crippen LogP contribution in [0.2, 0.25) is 0 Å². The maximum atomic E-state index is 12.1. The molecule has 1 fully saturated rings. The molecule has 0 saturated carbocycles. The molecule has 1 saturated heterocycles. The van der Waals surface area contributed by atoms with Crippen molar-refractivity contribution in [3.8, 4) is 5.75 Å². The molecule has 4 heteroatoms. The number of ether oxygens (including phenoxy) is 2. The van der Waals surface area contributed by atoms with E-state index in [-0.39, 0.29) is 5.97 Å². The summed E-state index contributed by atoms with van der Waals surface area (Å²) in [5, 5.41) is 0. The average molecular weight is 363 g/mol. The molecule has 2 heterocycles. The number of esters is 1. The van der Waals surface area contributed by atoms with E-state index in [1.165, 1.54) is 37.5 Å². The first-order valence-electron chi connectivity index (χ1n) is 9.62. The van der Waals surface area contributed by atoms with Crippen molar-refractivity contribution in [2.24, 2.45) is 0 Å². The second-order valence-corrected chi connectivity index (χ2v) is 7.13. The lowest BCUT2D eigenvalue weighted by Crippen LogP contribution is -2.29. The quantitative estimate of drug-likeness (QED) is 0.763. The van der Waals surface area contributed by atoms with E-state index in [0.717, 1.165) is 36.5 Å². The van der Waals surface area contributed by atoms with Crippen LogP contribution in [0.1, 0.15) is 46.3 Å². The highest BCUT2D eigenvalue weighted by atomic mass is 16.5. The number of rotatable bonds is 3. The zero-order valence-electron chi connectivity index (χ0n) is 15.7. The number of benzene rings is 2. The number of hydrogen-bond acceptors (Lipinski definition) is 4. The number of methoxy groups -OCH3 is 1. The van der Waals surface area contributed by atoms with Gasteiger partial charge in [0.05, 0.1) is 12.7 Å². The first kappa shape index (κ1) is 17.8. The molecule has 0 aliphatic carbocycles. The van der Waals surface area contributed by atoms with Crippen molar-refractivity contribution in [2.45, 2.75) is 25.9 Å². The van der Waals surface area contributed by atoms with Crippen molar-refractivity contribution in [3.05, 3.63) is 70.8 Å². The SMILES string of the molecule is COC(=O)c1ccc2c(c1)/C(=C/CN1CCCCC1)c1ccccc1CO2. The number of nitrogens with zero attached hydrogens (tertiary/aromatic N) is 1. The van der Waals surface area contributed by atoms with Gasteiger partial charge < -0.3 is 9.47 Å². The largest absolute Gasteiger partial charge is 0.488 e. The molecule has 2 aromatic carbocycles. The molecule has 0 atom stereocenters. The smallest absolute Gasteiger partial charge is 0.337 e. The normalized spacial score (nSPS) is 18.2. The molecule has 0 radical (unpaired) electrons. The highest BCUT2D eigenvalue weighted by molar-refractivity contribution is 5.93. The minimum absolute atomic E-state index is 0.328. The van der Waals surface area contributed by atoms with E-state index in [1.807, 2.05) is 18.2 Å². The molecular weight excluding hydrogens is 338 g/mol. The van der Waals surface area contributed by atoms with Crippen LogP contribution >= 0.6 is 0 Å². The minimum atomic E-state index is -0.328. The molecule has 0 unspecified atom stereocenters. The third-order valence-corrected chi connectivity index (χ3v) is 5.38. The van der Waals surface area contributed by atoms with Crippen LogP contribution in [0.4, 0.5) is 0 Å². The predicted octanol–water partition coefficient (Wildman–Crippen LogP) is 4.28. The molecule has 2 aliphatic heterocycles. The third kappa shape index (κ3) is 3.76. The summed E-state index contributed by atoms with van der Waals surface area (Å²) in [6.45, 7) is 3.74. The van der Waals surface area contributed by atoms with Crippen molar-refractivity contribution in [2.75, 3.05) is 26.7 Å². The number of fused-ring (bicyclic) bond motifs is 2. The van der Waals surface area contributed by atoms with E-state index in [4.69, 9.17) is 9.47 Å². The van der Waals surface area contributed by atoms with Gasteiger partial charge in [-0.15, -0.1) is 0 Å². The fourth-order valence-corrected chi connectivity index (χ4v) is 3.90. The van der Waals surface area contributed by atoms with E-state index in [9.17, 15) is 4.79 Å². The zero-order chi connectivity index (χ0) is 18.6. The van der Waals surface area contributed by atoms with Gasteiger partial charge in [-0.25, -0.2) is 4.79 Å². The minimum Gasteiger partial charge on any atom is -0.488 e. The van der Waals surface area contributed by atoms with Crippen molar-refractivity contribution >= 4 is 11.5 Å². The Kier molecular flexibility index (Phi) is 5.26. The number of carbonyl (C=O) groups excluding carboxylic acids is 1. The Hall–Kier alpha value is -2.59. The van der Waals surface area contributed by atoms with Crippen LogP contribution in [0.25, 0.3) is 5.57 Å². The number of carbonyl (C=O) groups is 1. The van der Waals surface area contributed by atoms with Gasteiger partial charge >= 0.3 is 5.97 Å². The van der Waals surface area contributed by atoms with Gasteiger partial charge in [0.1, 0.15) is 12.4 Å². The lowest BCUT2D eigenvalue weighted by Gasteiger charge is -2.25. The molecule has 2 aliphatic rings. The standard InChI is InChI=1S/C23H25NO3/c1-26-23(25)17-9-10-22-21(15-17)20(11-14-24-12-5-2-6-13-24)19-8-4-3-7-18(19)16-27-22/h3-4,7-11,15H,2,5-6,12-14,16H2,1H3/b20-11+. The van der Waals surface area contributed by atoms with Crippen molar-refractivity contribution in [1.82, 2.24) is 4.90 Å². The summed E-state index contributed by atoms with van der Waals surface area (Å²) >= 11 is 0. The third-order valence-electron chi connectivity index (χ3n) is 5.38. The Balaban J connectivity index is 1.78. The van der Waals surface area contributed by atoms with Gasteiger partial charge in [-0.05, 0) is 60.8 Å². The van der Waals surface area contributed by atoms with Crippen LogP contribution < -0.4 is 4.74 Å². The van der Waals surface area contributed by atoms with Crippen LogP contribution in [0.15, 0.2) is 48.5 Å². The molecule has 140 valence electrons. The monoisotopic (exact) mass is 363 g/mol. The van der Waals surface area contributed by atoms with Crippen LogP contribution in [-0.4, -0.2) is 37.6 Å². The first-order valence-corrected chi connectivity index (χ1v) is 9.62. The predicted molar refractivity (Wildman–Crippen MR) is 106 cm³/mol. The summed E-state index contributed by atoms with van der Waals surface area (Å²) in [5.41, 5.74) is 4.98. The van der Waals surface area contributed by atoms with Crippen molar-refractivity contribution < 1.29 is 14.3 Å². The Labute approximate surface area is 160 Å². The van der Waals surface area contributed by atoms with Gasteiger partial charge in [-0.1, -0.05) is 36.8 Å². The fraction of sp³-hybridized carbons (Fsp3) is 0.348. The number of likely N-dealkylation sites (tertiary alicyclic amines) is 1. The summed E-state index contributed by atoms with van der Waals surface area (Å²) in [4.78, 5) is 14.5. The zero-order valence-corrected chi connectivity index (χ0v) is 15.7. The van der Waals surface area contributed by atoms with E-state index in [2.05, 4.69) is 29.2 Å². The van der Waals surface area contributed by atoms with E-state index in [0.29, 0.717) is 12.2 Å². The maximum Gasteiger partial charge on any atom is 0.337 e. The highest BCUT2D eigenvalue weighted by Crippen LogP contribution is 2.37. The molecule has 4 nitrogen and oxygen atoms in total. The molecule has 0 amide bonds. The van der Waals surface area contributed by atoms with E-state index < -0.39 is 0 Å². The fourth-order valence-electron chi connectivity index (χ4n) is 3.90. The maximum absolute atomic E-state index is 12.1. The van der Waals surface area contributed by atoms with Gasteiger partial charge in [0.25, 0.3) is 0 Å². The summed E-state index contributed by atoms with van der Waals surface area (Å²) in [5.74, 6) is 0.481. The van der Waals surface area contributed by atoms with Gasteiger partial charge in [-0.2, -0.15) is 0 Å². The van der Waals surface area contributed by atoms with Crippen LogP contribution in [0, 0.1) is 0 Å². The molecular formula is C23H25NO3. The highest BCUT2D eigenvalue weighted by Gasteiger charge is 2.21. The molecule has 0 bridgehead atoms. The molecule has 0 N–H and O–H groups in total. The topological polar surface area (TPSA) is 38.8 Å². The van der Waals surface area contributed by atoms with Gasteiger partial charge in [0, 0.05) is 12.1 Å². The molecule has 0 spiro atoms. The van der Waals surface area contributed by atoms with Gasteiger partial charge in [0.2, 0.25) is 0 Å². The number of hydrogen-bond donors (Lipinski definition) is 0. The Bertz CT molecular complexity index is 866. The Morgan fingerprint density at radius 2 is 1.93 bits per heavy atom. The first-order chi connectivity index (χ1) is 13.3. The van der Waals surface area contributed by atoms with Crippen LogP contribution in [0.3, 0.4) is 0 Å². The van der Waals surface area contributed by atoms with Gasteiger partial charge in [0.15, 0.2) is 0 Å². The summed E-state index contributed by atoms with van der Waals surface area (Å²) < 4.78 is 11.0. The Morgan fingerprint density at radius 1 is 1.11 bits per heavy atom. The Morgan fingerprint density at radius 3 is 2.74 bits per heavy atom. The van der Waals surface area contributed by atoms with Crippen LogP contribution in [0.5, 0.6) is 5.75 Å². The average Bonchev–Trinajstić information content (AvgIpc) is 2.88. The van der Waals surface area contributed by atoms with Crippen molar-refractivity contribution in [1.29, 1.82) is 0 Å². The molecule has 2 aromatic rings. The lowest BCUT2D eigenvalue weighted by molar-refractivity contribution is 0.0600. The van der Waals surface area contributed by atoms with Crippen molar-refractivity contribution in [3.63, 3.8) is 0 Å². The molecule has 0 aromatic heterocycles. The van der Waals surface area contributed by atoms with Gasteiger partial charge in [-0.3, -0.25) is 4.90 Å². The second-order valence-electron chi connectivity index (χ2n) is 7.13.